The SMILES string of the molecule is O=C1OC(c2ccccc2)=N[C@@]12CC=CC[C@@H]2c1ccc(Cl)cc1. The van der Waals surface area contributed by atoms with Gasteiger partial charge in [0.25, 0.3) is 0 Å². The van der Waals surface area contributed by atoms with Crippen molar-refractivity contribution >= 4 is 23.5 Å². The number of ether oxygens (including phenoxy) is 1. The Bertz CT molecular complexity index is 826. The third-order valence-electron chi connectivity index (χ3n) is 4.68. The minimum absolute atomic E-state index is 0.0477. The average Bonchev–Trinajstić information content (AvgIpc) is 2.94. The summed E-state index contributed by atoms with van der Waals surface area (Å²) < 4.78 is 5.57. The summed E-state index contributed by atoms with van der Waals surface area (Å²) in [6, 6.07) is 17.2. The maximum Gasteiger partial charge on any atom is 0.341 e. The van der Waals surface area contributed by atoms with Gasteiger partial charge in [0.2, 0.25) is 5.90 Å². The number of esters is 1. The van der Waals surface area contributed by atoms with Crippen LogP contribution in [-0.2, 0) is 9.53 Å². The predicted molar refractivity (Wildman–Crippen MR) is 94.4 cm³/mol. The fourth-order valence-corrected chi connectivity index (χ4v) is 3.54. The topological polar surface area (TPSA) is 38.7 Å². The van der Waals surface area contributed by atoms with Crippen LogP contribution in [0, 0.1) is 0 Å². The van der Waals surface area contributed by atoms with E-state index in [0.717, 1.165) is 17.5 Å². The number of carbonyl (C=O) groups excluding carboxylic acids is 1. The minimum atomic E-state index is -0.881. The van der Waals surface area contributed by atoms with E-state index in [1.807, 2.05) is 60.7 Å². The van der Waals surface area contributed by atoms with Crippen LogP contribution < -0.4 is 0 Å². The Hall–Kier alpha value is -2.39. The van der Waals surface area contributed by atoms with Crippen molar-refractivity contribution in [3.8, 4) is 0 Å². The molecule has 120 valence electrons. The van der Waals surface area contributed by atoms with Crippen molar-refractivity contribution in [1.29, 1.82) is 0 Å². The van der Waals surface area contributed by atoms with Gasteiger partial charge in [0, 0.05) is 22.9 Å². The molecule has 0 N–H and O–H groups in total. The summed E-state index contributed by atoms with van der Waals surface area (Å²) in [5.74, 6) is 0.0917. The number of hydrogen-bond donors (Lipinski definition) is 0. The van der Waals surface area contributed by atoms with E-state index in [2.05, 4.69) is 6.08 Å². The van der Waals surface area contributed by atoms with Crippen LogP contribution in [0.5, 0.6) is 0 Å². The molecule has 4 heteroatoms. The number of nitrogens with zero attached hydrogens (tertiary/aromatic N) is 1. The molecule has 4 rings (SSSR count). The van der Waals surface area contributed by atoms with Crippen LogP contribution >= 0.6 is 11.6 Å². The van der Waals surface area contributed by atoms with Crippen LogP contribution in [0.3, 0.4) is 0 Å². The second-order valence-corrected chi connectivity index (χ2v) is 6.55. The molecule has 2 atom stereocenters. The monoisotopic (exact) mass is 337 g/mol. The molecule has 0 saturated heterocycles. The summed E-state index contributed by atoms with van der Waals surface area (Å²) in [4.78, 5) is 17.6. The third kappa shape index (κ3) is 2.45. The molecule has 0 saturated carbocycles. The molecule has 0 fully saturated rings. The van der Waals surface area contributed by atoms with Gasteiger partial charge in [-0.15, -0.1) is 0 Å². The van der Waals surface area contributed by atoms with Crippen molar-refractivity contribution in [1.82, 2.24) is 0 Å². The number of rotatable bonds is 2. The highest BCUT2D eigenvalue weighted by Gasteiger charge is 2.52. The van der Waals surface area contributed by atoms with Crippen LogP contribution in [0.4, 0.5) is 0 Å². The van der Waals surface area contributed by atoms with Crippen LogP contribution in [-0.4, -0.2) is 17.4 Å². The maximum absolute atomic E-state index is 12.8. The molecule has 1 spiro atoms. The summed E-state index contributed by atoms with van der Waals surface area (Å²) in [6.07, 6.45) is 5.43. The highest BCUT2D eigenvalue weighted by molar-refractivity contribution is 6.30. The lowest BCUT2D eigenvalue weighted by Crippen LogP contribution is -2.41. The summed E-state index contributed by atoms with van der Waals surface area (Å²) in [6.45, 7) is 0. The van der Waals surface area contributed by atoms with E-state index >= 15 is 0 Å². The van der Waals surface area contributed by atoms with Gasteiger partial charge in [-0.2, -0.15) is 0 Å². The molecule has 2 aromatic rings. The average molecular weight is 338 g/mol. The molecular weight excluding hydrogens is 322 g/mol. The van der Waals surface area contributed by atoms with E-state index in [4.69, 9.17) is 21.3 Å². The van der Waals surface area contributed by atoms with E-state index in [0.29, 0.717) is 17.3 Å². The molecule has 1 aliphatic heterocycles. The molecule has 0 unspecified atom stereocenters. The number of aliphatic imine (C=N–C) groups is 1. The Balaban J connectivity index is 1.78. The zero-order valence-corrected chi connectivity index (χ0v) is 13.7. The van der Waals surface area contributed by atoms with Crippen molar-refractivity contribution in [3.05, 3.63) is 82.9 Å². The van der Waals surface area contributed by atoms with Gasteiger partial charge in [-0.3, -0.25) is 0 Å². The second-order valence-electron chi connectivity index (χ2n) is 6.11. The predicted octanol–water partition coefficient (Wildman–Crippen LogP) is 4.52. The summed E-state index contributed by atoms with van der Waals surface area (Å²) >= 11 is 6.00. The number of hydrogen-bond acceptors (Lipinski definition) is 3. The lowest BCUT2D eigenvalue weighted by Gasteiger charge is -2.33. The zero-order valence-electron chi connectivity index (χ0n) is 13.0. The van der Waals surface area contributed by atoms with Crippen LogP contribution in [0.1, 0.15) is 29.9 Å². The fraction of sp³-hybridized carbons (Fsp3) is 0.200. The number of cyclic esters (lactones) is 1. The first-order chi connectivity index (χ1) is 11.7. The van der Waals surface area contributed by atoms with E-state index in [1.165, 1.54) is 0 Å². The smallest absolute Gasteiger partial charge is 0.341 e. The Labute approximate surface area is 145 Å². The summed E-state index contributed by atoms with van der Waals surface area (Å²) in [5.41, 5.74) is 0.999. The quantitative estimate of drug-likeness (QED) is 0.597. The standard InChI is InChI=1S/C20H16ClNO2/c21-16-11-9-14(10-12-16)17-8-4-5-13-20(17)19(23)24-18(22-20)15-6-2-1-3-7-15/h1-7,9-12,17H,8,13H2/t17-,20-/m1/s1. The molecule has 2 aliphatic rings. The van der Waals surface area contributed by atoms with Gasteiger partial charge in [-0.25, -0.2) is 9.79 Å². The van der Waals surface area contributed by atoms with Gasteiger partial charge >= 0.3 is 5.97 Å². The molecule has 0 amide bonds. The van der Waals surface area contributed by atoms with E-state index in [-0.39, 0.29) is 11.9 Å². The molecule has 1 heterocycles. The van der Waals surface area contributed by atoms with Gasteiger partial charge in [0.15, 0.2) is 5.54 Å². The highest BCUT2D eigenvalue weighted by Crippen LogP contribution is 2.45. The molecule has 0 radical (unpaired) electrons. The number of carbonyl (C=O) groups is 1. The molecular formula is C20H16ClNO2. The Morgan fingerprint density at radius 3 is 2.54 bits per heavy atom. The molecule has 1 aliphatic carbocycles. The minimum Gasteiger partial charge on any atom is -0.405 e. The molecule has 3 nitrogen and oxygen atoms in total. The number of benzene rings is 2. The summed E-state index contributed by atoms with van der Waals surface area (Å²) in [5, 5.41) is 0.682. The summed E-state index contributed by atoms with van der Waals surface area (Å²) in [7, 11) is 0. The Morgan fingerprint density at radius 2 is 1.79 bits per heavy atom. The van der Waals surface area contributed by atoms with Crippen molar-refractivity contribution in [3.63, 3.8) is 0 Å². The van der Waals surface area contributed by atoms with Crippen LogP contribution in [0.25, 0.3) is 0 Å². The Morgan fingerprint density at radius 1 is 1.04 bits per heavy atom. The van der Waals surface area contributed by atoms with Gasteiger partial charge in [0.05, 0.1) is 0 Å². The first-order valence-corrected chi connectivity index (χ1v) is 8.35. The molecule has 2 aromatic carbocycles. The molecule has 0 aromatic heterocycles. The van der Waals surface area contributed by atoms with Crippen molar-refractivity contribution in [2.75, 3.05) is 0 Å². The van der Waals surface area contributed by atoms with E-state index < -0.39 is 5.54 Å². The first kappa shape index (κ1) is 15.2. The van der Waals surface area contributed by atoms with Crippen molar-refractivity contribution < 1.29 is 9.53 Å². The third-order valence-corrected chi connectivity index (χ3v) is 4.93. The molecule has 0 bridgehead atoms. The first-order valence-electron chi connectivity index (χ1n) is 7.97. The largest absolute Gasteiger partial charge is 0.405 e. The lowest BCUT2D eigenvalue weighted by atomic mass is 9.73. The molecule has 24 heavy (non-hydrogen) atoms. The normalized spacial score (nSPS) is 25.6. The maximum atomic E-state index is 12.8. The van der Waals surface area contributed by atoms with Gasteiger partial charge in [0.1, 0.15) is 0 Å². The van der Waals surface area contributed by atoms with Gasteiger partial charge in [-0.05, 0) is 36.2 Å². The fourth-order valence-electron chi connectivity index (χ4n) is 3.42. The van der Waals surface area contributed by atoms with E-state index in [9.17, 15) is 4.79 Å². The lowest BCUT2D eigenvalue weighted by molar-refractivity contribution is -0.139. The van der Waals surface area contributed by atoms with Crippen molar-refractivity contribution in [2.45, 2.75) is 24.3 Å². The van der Waals surface area contributed by atoms with Crippen LogP contribution in [0.15, 0.2) is 71.7 Å². The van der Waals surface area contributed by atoms with Gasteiger partial charge < -0.3 is 4.74 Å². The van der Waals surface area contributed by atoms with Gasteiger partial charge in [-0.1, -0.05) is 54.1 Å². The zero-order chi connectivity index (χ0) is 16.6. The number of allylic oxidation sites excluding steroid dienone is 1. The Kier molecular flexibility index (Phi) is 3.73. The van der Waals surface area contributed by atoms with Crippen molar-refractivity contribution in [2.24, 2.45) is 4.99 Å². The highest BCUT2D eigenvalue weighted by atomic mass is 35.5. The number of halogens is 1. The van der Waals surface area contributed by atoms with E-state index in [1.54, 1.807) is 0 Å². The second kappa shape index (κ2) is 5.91. The van der Waals surface area contributed by atoms with Crippen LogP contribution in [0.2, 0.25) is 5.02 Å².